The maximum atomic E-state index is 9.48. The first-order valence-corrected chi connectivity index (χ1v) is 13.0. The Labute approximate surface area is 220 Å². The highest BCUT2D eigenvalue weighted by Crippen LogP contribution is 2.41. The Morgan fingerprint density at radius 2 is 1.76 bits per heavy atom. The second-order valence-corrected chi connectivity index (χ2v) is 10.1. The Morgan fingerprint density at radius 1 is 1.00 bits per heavy atom. The predicted molar refractivity (Wildman–Crippen MR) is 140 cm³/mol. The minimum absolute atomic E-state index is 0.317. The molecule has 0 radical (unpaired) electrons. The molecule has 3 aromatic rings. The van der Waals surface area contributed by atoms with Crippen LogP contribution in [0.25, 0.3) is 10.4 Å². The lowest BCUT2D eigenvalue weighted by molar-refractivity contribution is -0.311. The van der Waals surface area contributed by atoms with Crippen LogP contribution in [0.4, 0.5) is 0 Å². The van der Waals surface area contributed by atoms with Gasteiger partial charge in [0.15, 0.2) is 6.29 Å². The molecule has 0 saturated carbocycles. The van der Waals surface area contributed by atoms with E-state index >= 15 is 0 Å². The van der Waals surface area contributed by atoms with Gasteiger partial charge >= 0.3 is 0 Å². The third kappa shape index (κ3) is 6.10. The van der Waals surface area contributed by atoms with E-state index in [0.29, 0.717) is 13.2 Å². The summed E-state index contributed by atoms with van der Waals surface area (Å²) in [6.07, 6.45) is -1.97. The van der Waals surface area contributed by atoms with Gasteiger partial charge in [-0.15, -0.1) is 0 Å². The van der Waals surface area contributed by atoms with E-state index in [-0.39, 0.29) is 6.10 Å². The lowest BCUT2D eigenvalue weighted by Crippen LogP contribution is -2.61. The van der Waals surface area contributed by atoms with Gasteiger partial charge in [0.2, 0.25) is 0 Å². The zero-order valence-corrected chi connectivity index (χ0v) is 21.5. The van der Waals surface area contributed by atoms with Crippen LogP contribution in [0, 0.1) is 6.92 Å². The Kier molecular flexibility index (Phi) is 8.31. The molecular weight excluding hydrogens is 490 g/mol. The number of methoxy groups -OCH3 is 1. The molecule has 0 aliphatic carbocycles. The van der Waals surface area contributed by atoms with Crippen LogP contribution in [0.2, 0.25) is 0 Å². The maximum Gasteiger partial charge on any atom is 0.184 e. The first kappa shape index (κ1) is 25.6. The summed E-state index contributed by atoms with van der Waals surface area (Å²) in [5, 5.41) is 4.16. The molecule has 3 aromatic carbocycles. The molecular formula is C28H29N3O5S. The summed E-state index contributed by atoms with van der Waals surface area (Å²) in [4.78, 5) is 4.17. The molecule has 192 valence electrons. The first-order valence-electron chi connectivity index (χ1n) is 12.1. The lowest BCUT2D eigenvalue weighted by atomic mass is 9.97. The van der Waals surface area contributed by atoms with Gasteiger partial charge in [0.05, 0.1) is 26.4 Å². The monoisotopic (exact) mass is 519 g/mol. The van der Waals surface area contributed by atoms with Crippen LogP contribution < -0.4 is 4.74 Å². The molecule has 37 heavy (non-hydrogen) atoms. The van der Waals surface area contributed by atoms with Gasteiger partial charge in [0.1, 0.15) is 29.4 Å². The van der Waals surface area contributed by atoms with Gasteiger partial charge in [-0.25, -0.2) is 0 Å². The molecule has 5 rings (SSSR count). The third-order valence-electron chi connectivity index (χ3n) is 6.44. The highest BCUT2D eigenvalue weighted by molar-refractivity contribution is 7.99. The van der Waals surface area contributed by atoms with Crippen LogP contribution >= 0.6 is 11.8 Å². The molecule has 2 heterocycles. The topological polar surface area (TPSA) is 94.9 Å². The summed E-state index contributed by atoms with van der Waals surface area (Å²) in [6.45, 7) is 2.69. The van der Waals surface area contributed by atoms with E-state index in [1.54, 1.807) is 7.11 Å². The van der Waals surface area contributed by atoms with Gasteiger partial charge in [-0.05, 0) is 42.3 Å². The number of fused-ring (bicyclic) bond motifs is 1. The number of ether oxygens (including phenoxy) is 5. The zero-order valence-electron chi connectivity index (χ0n) is 20.7. The second-order valence-electron chi connectivity index (χ2n) is 8.97. The smallest absolute Gasteiger partial charge is 0.184 e. The lowest BCUT2D eigenvalue weighted by Gasteiger charge is -2.48. The molecule has 9 heteroatoms. The van der Waals surface area contributed by atoms with Crippen LogP contribution in [0.5, 0.6) is 5.75 Å². The van der Waals surface area contributed by atoms with Gasteiger partial charge in [-0.2, -0.15) is 0 Å². The fourth-order valence-corrected chi connectivity index (χ4v) is 5.58. The second kappa shape index (κ2) is 12.0. The van der Waals surface area contributed by atoms with Gasteiger partial charge in [0.25, 0.3) is 0 Å². The van der Waals surface area contributed by atoms with E-state index in [4.69, 9.17) is 23.7 Å². The van der Waals surface area contributed by atoms with E-state index in [2.05, 4.69) is 10.0 Å². The van der Waals surface area contributed by atoms with Crippen LogP contribution in [0.15, 0.2) is 88.9 Å². The van der Waals surface area contributed by atoms with Crippen molar-refractivity contribution in [2.75, 3.05) is 13.7 Å². The van der Waals surface area contributed by atoms with Crippen molar-refractivity contribution < 1.29 is 23.7 Å². The SMILES string of the molecule is COc1ccc(CO[C@H]2[C@@H]3O[C@H](c4ccccc4)OC[C@H]3OC(Sc3ccc(C)cc3)[C@@H]2N=[N+]=[N-])cc1. The largest absolute Gasteiger partial charge is 0.497 e. The van der Waals surface area contributed by atoms with Crippen LogP contribution in [0.3, 0.4) is 0 Å². The molecule has 2 saturated heterocycles. The van der Waals surface area contributed by atoms with Crippen LogP contribution in [-0.4, -0.2) is 43.5 Å². The minimum Gasteiger partial charge on any atom is -0.497 e. The molecule has 0 spiro atoms. The average molecular weight is 520 g/mol. The average Bonchev–Trinajstić information content (AvgIpc) is 2.94. The van der Waals surface area contributed by atoms with Gasteiger partial charge in [-0.1, -0.05) is 77.0 Å². The fraction of sp³-hybridized carbons (Fsp3) is 0.357. The maximum absolute atomic E-state index is 9.48. The Hall–Kier alpha value is -3.04. The Balaban J connectivity index is 1.41. The predicted octanol–water partition coefficient (Wildman–Crippen LogP) is 6.20. The third-order valence-corrected chi connectivity index (χ3v) is 7.61. The summed E-state index contributed by atoms with van der Waals surface area (Å²) in [5.74, 6) is 0.773. The van der Waals surface area contributed by atoms with E-state index in [1.807, 2.05) is 85.8 Å². The summed E-state index contributed by atoms with van der Waals surface area (Å²) in [5.41, 5.74) is 12.1. The van der Waals surface area contributed by atoms with Crippen molar-refractivity contribution >= 4 is 11.8 Å². The standard InChI is InChI=1S/C28H29N3O5S/c1-18-8-14-22(15-9-18)37-28-24(30-31-29)26(33-16-19-10-12-21(32-2)13-11-19)25-23(35-28)17-34-27(36-25)20-6-4-3-5-7-20/h3-15,23-28H,16-17H2,1-2H3/t23-,24-,25-,26-,27-,28?/m1/s1. The van der Waals surface area contributed by atoms with Crippen molar-refractivity contribution in [2.45, 2.75) is 54.5 Å². The molecule has 2 aliphatic heterocycles. The molecule has 2 aliphatic rings. The fourth-order valence-electron chi connectivity index (χ4n) is 4.48. The van der Waals surface area contributed by atoms with E-state index < -0.39 is 30.0 Å². The van der Waals surface area contributed by atoms with E-state index in [1.165, 1.54) is 17.3 Å². The number of nitrogens with zero attached hydrogens (tertiary/aromatic N) is 3. The Bertz CT molecular complexity index is 1200. The van der Waals surface area contributed by atoms with Gasteiger partial charge in [0, 0.05) is 15.4 Å². The van der Waals surface area contributed by atoms with Crippen LogP contribution in [0.1, 0.15) is 23.0 Å². The number of rotatable bonds is 8. The summed E-state index contributed by atoms with van der Waals surface area (Å²) in [6, 6.07) is 25.0. The van der Waals surface area contributed by atoms with Crippen molar-refractivity contribution in [3.63, 3.8) is 0 Å². The normalized spacial score (nSPS) is 27.1. The first-order chi connectivity index (χ1) is 18.1. The molecule has 0 aromatic heterocycles. The minimum atomic E-state index is -0.620. The van der Waals surface area contributed by atoms with Crippen molar-refractivity contribution in [3.8, 4) is 5.75 Å². The van der Waals surface area contributed by atoms with Crippen molar-refractivity contribution in [1.29, 1.82) is 0 Å². The van der Waals surface area contributed by atoms with E-state index in [9.17, 15) is 5.53 Å². The molecule has 6 atom stereocenters. The summed E-state index contributed by atoms with van der Waals surface area (Å²) < 4.78 is 30.6. The molecule has 2 fully saturated rings. The van der Waals surface area contributed by atoms with Gasteiger partial charge < -0.3 is 23.7 Å². The number of benzene rings is 3. The summed E-state index contributed by atoms with van der Waals surface area (Å²) in [7, 11) is 1.63. The highest BCUT2D eigenvalue weighted by Gasteiger charge is 2.50. The molecule has 8 nitrogen and oxygen atoms in total. The molecule has 0 amide bonds. The number of hydrogen-bond donors (Lipinski definition) is 0. The molecule has 0 bridgehead atoms. The Morgan fingerprint density at radius 3 is 2.46 bits per heavy atom. The summed E-state index contributed by atoms with van der Waals surface area (Å²) >= 11 is 1.51. The number of hydrogen-bond acceptors (Lipinski definition) is 7. The zero-order chi connectivity index (χ0) is 25.6. The van der Waals surface area contributed by atoms with Gasteiger partial charge in [-0.3, -0.25) is 0 Å². The number of thioether (sulfide) groups is 1. The highest BCUT2D eigenvalue weighted by atomic mass is 32.2. The van der Waals surface area contributed by atoms with Crippen molar-refractivity contribution in [2.24, 2.45) is 5.11 Å². The molecule has 0 N–H and O–H groups in total. The quantitative estimate of drug-likeness (QED) is 0.200. The molecule has 1 unspecified atom stereocenters. The van der Waals surface area contributed by atoms with Crippen molar-refractivity contribution in [3.05, 3.63) is 106 Å². The van der Waals surface area contributed by atoms with E-state index in [0.717, 1.165) is 21.8 Å². The number of aryl methyl sites for hydroxylation is 1. The van der Waals surface area contributed by atoms with Crippen molar-refractivity contribution in [1.82, 2.24) is 0 Å². The van der Waals surface area contributed by atoms with Crippen LogP contribution in [-0.2, 0) is 25.6 Å². The number of azide groups is 1.